The van der Waals surface area contributed by atoms with E-state index in [-0.39, 0.29) is 11.9 Å². The molecule has 3 N–H and O–H groups in total. The summed E-state index contributed by atoms with van der Waals surface area (Å²) >= 11 is 0. The van der Waals surface area contributed by atoms with E-state index in [1.54, 1.807) is 0 Å². The van der Waals surface area contributed by atoms with Gasteiger partial charge in [0.2, 0.25) is 5.82 Å². The Bertz CT molecular complexity index is 475. The zero-order valence-electron chi connectivity index (χ0n) is 12.0. The predicted octanol–water partition coefficient (Wildman–Crippen LogP) is 2.94. The van der Waals surface area contributed by atoms with Gasteiger partial charge in [-0.2, -0.15) is 13.2 Å². The van der Waals surface area contributed by atoms with Crippen molar-refractivity contribution in [2.75, 3.05) is 16.9 Å². The smallest absolute Gasteiger partial charge is 0.353 e. The molecule has 0 radical (unpaired) electrons. The third-order valence-corrected chi connectivity index (χ3v) is 3.66. The van der Waals surface area contributed by atoms with Crippen LogP contribution in [-0.2, 0) is 6.18 Å². The first-order chi connectivity index (χ1) is 9.95. The average Bonchev–Trinajstić information content (AvgIpc) is 2.47. The highest BCUT2D eigenvalue weighted by atomic mass is 19.4. The van der Waals surface area contributed by atoms with Crippen molar-refractivity contribution in [3.8, 4) is 0 Å². The van der Waals surface area contributed by atoms with Crippen molar-refractivity contribution < 1.29 is 13.2 Å². The lowest BCUT2D eigenvalue weighted by Gasteiger charge is -2.37. The molecule has 118 valence electrons. The fourth-order valence-corrected chi connectivity index (χ4v) is 2.72. The summed E-state index contributed by atoms with van der Waals surface area (Å²) in [5.74, 6) is 4.34. The van der Waals surface area contributed by atoms with Gasteiger partial charge in [0.25, 0.3) is 0 Å². The first kappa shape index (κ1) is 15.8. The molecule has 21 heavy (non-hydrogen) atoms. The first-order valence-corrected chi connectivity index (χ1v) is 7.15. The molecule has 0 spiro atoms. The van der Waals surface area contributed by atoms with Crippen LogP contribution in [0.5, 0.6) is 0 Å². The van der Waals surface area contributed by atoms with Crippen molar-refractivity contribution in [1.82, 2.24) is 9.97 Å². The van der Waals surface area contributed by atoms with E-state index in [4.69, 9.17) is 5.84 Å². The monoisotopic (exact) mass is 303 g/mol. The van der Waals surface area contributed by atoms with Crippen molar-refractivity contribution in [3.05, 3.63) is 11.9 Å². The minimum Gasteiger partial charge on any atom is -0.353 e. The number of nitrogen functional groups attached to an aromatic ring is 1. The molecule has 0 amide bonds. The summed E-state index contributed by atoms with van der Waals surface area (Å²) in [5.41, 5.74) is 2.19. The molecular formula is C13H20F3N5. The van der Waals surface area contributed by atoms with Crippen LogP contribution >= 0.6 is 0 Å². The largest absolute Gasteiger partial charge is 0.451 e. The van der Waals surface area contributed by atoms with Gasteiger partial charge in [0.1, 0.15) is 11.6 Å². The van der Waals surface area contributed by atoms with E-state index in [1.807, 2.05) is 4.90 Å². The molecule has 5 nitrogen and oxygen atoms in total. The van der Waals surface area contributed by atoms with E-state index in [9.17, 15) is 13.2 Å². The SMILES string of the molecule is CCCC1CCCCN1c1cc(NN)nc(C(F)(F)F)n1. The molecule has 2 rings (SSSR count). The Hall–Kier alpha value is -1.57. The lowest BCUT2D eigenvalue weighted by Crippen LogP contribution is -2.40. The van der Waals surface area contributed by atoms with Crippen LogP contribution in [0.3, 0.4) is 0 Å². The fraction of sp³-hybridized carbons (Fsp3) is 0.692. The summed E-state index contributed by atoms with van der Waals surface area (Å²) in [6.45, 7) is 2.78. The van der Waals surface area contributed by atoms with Gasteiger partial charge < -0.3 is 10.3 Å². The Balaban J connectivity index is 2.36. The lowest BCUT2D eigenvalue weighted by molar-refractivity contribution is -0.144. The highest BCUT2D eigenvalue weighted by molar-refractivity contribution is 5.50. The number of nitrogens with zero attached hydrogens (tertiary/aromatic N) is 3. The molecule has 1 aromatic rings. The number of hydrogen-bond acceptors (Lipinski definition) is 5. The lowest BCUT2D eigenvalue weighted by atomic mass is 9.98. The summed E-state index contributed by atoms with van der Waals surface area (Å²) in [6, 6.07) is 1.70. The van der Waals surface area contributed by atoms with Crippen LogP contribution in [0.2, 0.25) is 0 Å². The van der Waals surface area contributed by atoms with Crippen molar-refractivity contribution >= 4 is 11.6 Å². The number of nitrogens with two attached hydrogens (primary N) is 1. The maximum Gasteiger partial charge on any atom is 0.451 e. The van der Waals surface area contributed by atoms with E-state index in [2.05, 4.69) is 22.3 Å². The van der Waals surface area contributed by atoms with Crippen LogP contribution in [0.4, 0.5) is 24.8 Å². The molecule has 0 saturated carbocycles. The van der Waals surface area contributed by atoms with Crippen LogP contribution in [0.1, 0.15) is 44.9 Å². The number of aromatic nitrogens is 2. The summed E-state index contributed by atoms with van der Waals surface area (Å²) in [6.07, 6.45) is 0.372. The molecule has 2 heterocycles. The summed E-state index contributed by atoms with van der Waals surface area (Å²) in [5, 5.41) is 0. The molecular weight excluding hydrogens is 283 g/mol. The van der Waals surface area contributed by atoms with Gasteiger partial charge in [-0.3, -0.25) is 0 Å². The number of halogens is 3. The van der Waals surface area contributed by atoms with Crippen molar-refractivity contribution in [2.24, 2.45) is 5.84 Å². The van der Waals surface area contributed by atoms with Crippen molar-refractivity contribution in [2.45, 2.75) is 51.2 Å². The Kier molecular flexibility index (Phi) is 4.87. The van der Waals surface area contributed by atoms with Gasteiger partial charge in [0.15, 0.2) is 0 Å². The van der Waals surface area contributed by atoms with E-state index in [0.717, 1.165) is 32.1 Å². The molecule has 1 aliphatic heterocycles. The Morgan fingerprint density at radius 1 is 1.38 bits per heavy atom. The molecule has 0 aliphatic carbocycles. The van der Waals surface area contributed by atoms with Gasteiger partial charge in [-0.05, 0) is 25.7 Å². The topological polar surface area (TPSA) is 67.1 Å². The molecule has 1 saturated heterocycles. The molecule has 1 fully saturated rings. The number of anilines is 2. The van der Waals surface area contributed by atoms with E-state index >= 15 is 0 Å². The minimum atomic E-state index is -4.59. The van der Waals surface area contributed by atoms with Gasteiger partial charge in [0.05, 0.1) is 0 Å². The predicted molar refractivity (Wildman–Crippen MR) is 74.7 cm³/mol. The van der Waals surface area contributed by atoms with Crippen LogP contribution in [-0.4, -0.2) is 22.6 Å². The number of alkyl halides is 3. The zero-order chi connectivity index (χ0) is 15.5. The number of nitrogens with one attached hydrogen (secondary N) is 1. The van der Waals surface area contributed by atoms with Crippen LogP contribution in [0.25, 0.3) is 0 Å². The quantitative estimate of drug-likeness (QED) is 0.661. The summed E-state index contributed by atoms with van der Waals surface area (Å²) in [4.78, 5) is 9.04. The maximum absolute atomic E-state index is 12.9. The molecule has 1 atom stereocenters. The number of hydrazine groups is 1. The number of piperidine rings is 1. The number of hydrogen-bond donors (Lipinski definition) is 2. The van der Waals surface area contributed by atoms with Crippen molar-refractivity contribution in [3.63, 3.8) is 0 Å². The molecule has 0 aromatic carbocycles. The summed E-state index contributed by atoms with van der Waals surface area (Å²) < 4.78 is 38.7. The van der Waals surface area contributed by atoms with E-state index in [0.29, 0.717) is 12.4 Å². The Morgan fingerprint density at radius 3 is 2.76 bits per heavy atom. The van der Waals surface area contributed by atoms with Crippen LogP contribution < -0.4 is 16.2 Å². The molecule has 0 bridgehead atoms. The van der Waals surface area contributed by atoms with Gasteiger partial charge >= 0.3 is 6.18 Å². The summed E-state index contributed by atoms with van der Waals surface area (Å²) in [7, 11) is 0. The Labute approximate surface area is 121 Å². The number of rotatable bonds is 4. The van der Waals surface area contributed by atoms with Crippen molar-refractivity contribution in [1.29, 1.82) is 0 Å². The third-order valence-electron chi connectivity index (χ3n) is 3.66. The molecule has 8 heteroatoms. The van der Waals surface area contributed by atoms with E-state index < -0.39 is 12.0 Å². The van der Waals surface area contributed by atoms with Gasteiger partial charge in [-0.15, -0.1) is 0 Å². The minimum absolute atomic E-state index is 0.0202. The van der Waals surface area contributed by atoms with Gasteiger partial charge in [0, 0.05) is 18.7 Å². The van der Waals surface area contributed by atoms with E-state index in [1.165, 1.54) is 6.07 Å². The second-order valence-electron chi connectivity index (χ2n) is 5.21. The molecule has 1 aliphatic rings. The molecule has 1 unspecified atom stereocenters. The van der Waals surface area contributed by atoms with Crippen LogP contribution in [0.15, 0.2) is 6.07 Å². The highest BCUT2D eigenvalue weighted by Gasteiger charge is 2.36. The second kappa shape index (κ2) is 6.46. The van der Waals surface area contributed by atoms with Crippen LogP contribution in [0, 0.1) is 0 Å². The highest BCUT2D eigenvalue weighted by Crippen LogP contribution is 2.32. The normalized spacial score (nSPS) is 19.7. The second-order valence-corrected chi connectivity index (χ2v) is 5.21. The standard InChI is InChI=1S/C13H20F3N5/c1-2-5-9-6-3-4-7-21(9)11-8-10(20-17)18-12(19-11)13(14,15)16/h8-9H,2-7,17H2,1H3,(H,18,19,20). The average molecular weight is 303 g/mol. The third kappa shape index (κ3) is 3.75. The first-order valence-electron chi connectivity index (χ1n) is 7.15. The molecule has 1 aromatic heterocycles. The fourth-order valence-electron chi connectivity index (χ4n) is 2.72. The Morgan fingerprint density at radius 2 is 2.14 bits per heavy atom. The van der Waals surface area contributed by atoms with Gasteiger partial charge in [-0.25, -0.2) is 15.8 Å². The zero-order valence-corrected chi connectivity index (χ0v) is 12.0. The van der Waals surface area contributed by atoms with Gasteiger partial charge in [-0.1, -0.05) is 13.3 Å². The maximum atomic E-state index is 12.9.